The Balaban J connectivity index is 1.63. The topological polar surface area (TPSA) is 106 Å². The number of ether oxygens (including phenoxy) is 1. The summed E-state index contributed by atoms with van der Waals surface area (Å²) in [6.45, 7) is 0.0586. The first-order valence-electron chi connectivity index (χ1n) is 10.2. The summed E-state index contributed by atoms with van der Waals surface area (Å²) in [6.07, 6.45) is 2.60. The lowest BCUT2D eigenvalue weighted by Gasteiger charge is -2.30. The molecule has 0 radical (unpaired) electrons. The summed E-state index contributed by atoms with van der Waals surface area (Å²) in [5.41, 5.74) is 7.52. The zero-order valence-electron chi connectivity index (χ0n) is 17.6. The Bertz CT molecular complexity index is 1120. The summed E-state index contributed by atoms with van der Waals surface area (Å²) < 4.78 is 5.56. The van der Waals surface area contributed by atoms with E-state index in [-0.39, 0.29) is 12.4 Å². The second-order valence-electron chi connectivity index (χ2n) is 7.28. The van der Waals surface area contributed by atoms with Crippen molar-refractivity contribution in [1.82, 2.24) is 9.88 Å². The number of carbonyl (C=O) groups excluding carboxylic acids is 3. The number of imide groups is 1. The first kappa shape index (κ1) is 22.3. The maximum absolute atomic E-state index is 13.5. The molecule has 2 aromatic carbocycles. The molecule has 2 unspecified atom stereocenters. The second-order valence-corrected chi connectivity index (χ2v) is 8.39. The van der Waals surface area contributed by atoms with Gasteiger partial charge in [-0.2, -0.15) is 0 Å². The number of anilines is 1. The molecular formula is C24H22N4O4S. The summed E-state index contributed by atoms with van der Waals surface area (Å²) in [5, 5.41) is -0.476. The molecule has 2 N–H and O–H groups in total. The Hall–Kier alpha value is -3.85. The van der Waals surface area contributed by atoms with Crippen LogP contribution in [-0.4, -0.2) is 39.7 Å². The highest BCUT2D eigenvalue weighted by atomic mass is 32.2. The van der Waals surface area contributed by atoms with Crippen LogP contribution >= 0.6 is 11.8 Å². The summed E-state index contributed by atoms with van der Waals surface area (Å²) >= 11 is 1.41. The molecule has 1 aliphatic heterocycles. The van der Waals surface area contributed by atoms with Gasteiger partial charge in [0.15, 0.2) is 0 Å². The molecule has 0 bridgehead atoms. The molecule has 9 heteroatoms. The SMILES string of the molecule is NC(=O)N(C(=O)C1CSC(c2ccncc2)N1C(=O)OCc1ccccc1)c1ccccc1. The van der Waals surface area contributed by atoms with E-state index in [1.54, 1.807) is 54.9 Å². The van der Waals surface area contributed by atoms with Crippen molar-refractivity contribution in [1.29, 1.82) is 0 Å². The Morgan fingerprint density at radius 3 is 2.27 bits per heavy atom. The molecule has 1 saturated heterocycles. The van der Waals surface area contributed by atoms with Crippen LogP contribution in [0, 0.1) is 0 Å². The number of rotatable bonds is 5. The Morgan fingerprint density at radius 1 is 1.00 bits per heavy atom. The van der Waals surface area contributed by atoms with Gasteiger partial charge in [0.2, 0.25) is 0 Å². The van der Waals surface area contributed by atoms with E-state index >= 15 is 0 Å². The van der Waals surface area contributed by atoms with Crippen molar-refractivity contribution in [2.75, 3.05) is 10.7 Å². The lowest BCUT2D eigenvalue weighted by atomic mass is 10.2. The van der Waals surface area contributed by atoms with Crippen molar-refractivity contribution >= 4 is 35.5 Å². The molecule has 2 atom stereocenters. The van der Waals surface area contributed by atoms with E-state index in [0.717, 1.165) is 16.0 Å². The number of para-hydroxylation sites is 1. The smallest absolute Gasteiger partial charge is 0.412 e. The molecule has 0 saturated carbocycles. The first-order chi connectivity index (χ1) is 16.1. The van der Waals surface area contributed by atoms with Gasteiger partial charge >= 0.3 is 12.1 Å². The highest BCUT2D eigenvalue weighted by Crippen LogP contribution is 2.42. The quantitative estimate of drug-likeness (QED) is 0.616. The minimum atomic E-state index is -0.941. The Morgan fingerprint density at radius 2 is 1.64 bits per heavy atom. The molecule has 0 spiro atoms. The number of nitrogens with two attached hydrogens (primary N) is 1. The monoisotopic (exact) mass is 462 g/mol. The van der Waals surface area contributed by atoms with E-state index in [1.165, 1.54) is 16.7 Å². The van der Waals surface area contributed by atoms with Gasteiger partial charge in [0, 0.05) is 18.1 Å². The molecule has 4 amide bonds. The van der Waals surface area contributed by atoms with E-state index in [0.29, 0.717) is 5.69 Å². The summed E-state index contributed by atoms with van der Waals surface area (Å²) in [7, 11) is 0. The molecule has 8 nitrogen and oxygen atoms in total. The minimum Gasteiger partial charge on any atom is -0.444 e. The van der Waals surface area contributed by atoms with Crippen molar-refractivity contribution in [3.05, 3.63) is 96.3 Å². The zero-order chi connectivity index (χ0) is 23.2. The van der Waals surface area contributed by atoms with Crippen LogP contribution in [0.2, 0.25) is 0 Å². The number of benzene rings is 2. The average Bonchev–Trinajstić information content (AvgIpc) is 3.30. The van der Waals surface area contributed by atoms with Crippen LogP contribution < -0.4 is 10.6 Å². The summed E-state index contributed by atoms with van der Waals surface area (Å²) in [4.78, 5) is 45.3. The number of urea groups is 1. The van der Waals surface area contributed by atoms with Gasteiger partial charge in [0.25, 0.3) is 5.91 Å². The maximum atomic E-state index is 13.5. The van der Waals surface area contributed by atoms with Gasteiger partial charge in [0.05, 0.1) is 5.69 Å². The molecule has 3 aromatic rings. The van der Waals surface area contributed by atoms with Crippen LogP contribution in [0.3, 0.4) is 0 Å². The number of primary amides is 1. The minimum absolute atomic E-state index is 0.0586. The van der Waals surface area contributed by atoms with E-state index in [1.807, 2.05) is 30.3 Å². The number of hydrogen-bond donors (Lipinski definition) is 1. The Kier molecular flexibility index (Phi) is 6.89. The first-order valence-corrected chi connectivity index (χ1v) is 11.3. The fraction of sp³-hybridized carbons (Fsp3) is 0.167. The van der Waals surface area contributed by atoms with Gasteiger partial charge in [0.1, 0.15) is 18.0 Å². The molecular weight excluding hydrogens is 440 g/mol. The predicted molar refractivity (Wildman–Crippen MR) is 125 cm³/mol. The molecule has 1 aromatic heterocycles. The number of hydrogen-bond acceptors (Lipinski definition) is 6. The Labute approximate surface area is 195 Å². The maximum Gasteiger partial charge on any atom is 0.412 e. The number of pyridine rings is 1. The lowest BCUT2D eigenvalue weighted by Crippen LogP contribution is -2.53. The predicted octanol–water partition coefficient (Wildman–Crippen LogP) is 3.95. The molecule has 168 valence electrons. The highest BCUT2D eigenvalue weighted by molar-refractivity contribution is 7.99. The molecule has 1 aliphatic rings. The highest BCUT2D eigenvalue weighted by Gasteiger charge is 2.46. The molecule has 0 aliphatic carbocycles. The van der Waals surface area contributed by atoms with Gasteiger partial charge in [-0.25, -0.2) is 14.5 Å². The third-order valence-corrected chi connectivity index (χ3v) is 6.47. The van der Waals surface area contributed by atoms with Crippen LogP contribution in [0.4, 0.5) is 15.3 Å². The second kappa shape index (κ2) is 10.2. The van der Waals surface area contributed by atoms with E-state index in [4.69, 9.17) is 10.5 Å². The van der Waals surface area contributed by atoms with Crippen LogP contribution in [0.15, 0.2) is 85.2 Å². The fourth-order valence-corrected chi connectivity index (χ4v) is 5.00. The third kappa shape index (κ3) is 4.98. The molecule has 33 heavy (non-hydrogen) atoms. The van der Waals surface area contributed by atoms with Crippen molar-refractivity contribution in [2.24, 2.45) is 5.73 Å². The lowest BCUT2D eigenvalue weighted by molar-refractivity contribution is -0.121. The van der Waals surface area contributed by atoms with Crippen molar-refractivity contribution < 1.29 is 19.1 Å². The standard InChI is InChI=1S/C24H22N4O4S/c25-23(30)27(19-9-5-2-6-10-19)21(29)20-16-33-22(18-11-13-26-14-12-18)28(20)24(31)32-15-17-7-3-1-4-8-17/h1-14,20,22H,15-16H2,(H2,25,30). The number of amides is 4. The van der Waals surface area contributed by atoms with Crippen molar-refractivity contribution in [3.63, 3.8) is 0 Å². The number of nitrogens with zero attached hydrogens (tertiary/aromatic N) is 3. The van der Waals surface area contributed by atoms with Crippen LogP contribution in [0.1, 0.15) is 16.5 Å². The van der Waals surface area contributed by atoms with E-state index in [9.17, 15) is 14.4 Å². The number of aromatic nitrogens is 1. The zero-order valence-corrected chi connectivity index (χ0v) is 18.4. The van der Waals surface area contributed by atoms with Gasteiger partial charge in [-0.15, -0.1) is 11.8 Å². The van der Waals surface area contributed by atoms with Crippen LogP contribution in [0.5, 0.6) is 0 Å². The van der Waals surface area contributed by atoms with Gasteiger partial charge in [-0.3, -0.25) is 14.7 Å². The summed E-state index contributed by atoms with van der Waals surface area (Å²) in [5.74, 6) is -0.308. The fourth-order valence-electron chi connectivity index (χ4n) is 3.59. The van der Waals surface area contributed by atoms with Gasteiger partial charge in [-0.1, -0.05) is 48.5 Å². The van der Waals surface area contributed by atoms with Crippen molar-refractivity contribution in [3.8, 4) is 0 Å². The normalized spacial score (nSPS) is 17.4. The molecule has 2 heterocycles. The molecule has 4 rings (SSSR count). The van der Waals surface area contributed by atoms with Gasteiger partial charge in [-0.05, 0) is 35.4 Å². The number of thioether (sulfide) groups is 1. The van der Waals surface area contributed by atoms with Crippen LogP contribution in [0.25, 0.3) is 0 Å². The average molecular weight is 463 g/mol. The van der Waals surface area contributed by atoms with E-state index < -0.39 is 29.4 Å². The largest absolute Gasteiger partial charge is 0.444 e. The van der Waals surface area contributed by atoms with Crippen molar-refractivity contribution in [2.45, 2.75) is 18.0 Å². The van der Waals surface area contributed by atoms with Crippen LogP contribution in [-0.2, 0) is 16.1 Å². The molecule has 1 fully saturated rings. The number of carbonyl (C=O) groups is 3. The summed E-state index contributed by atoms with van der Waals surface area (Å²) in [6, 6.07) is 19.4. The van der Waals surface area contributed by atoms with E-state index in [2.05, 4.69) is 4.98 Å². The third-order valence-electron chi connectivity index (χ3n) is 5.15. The van der Waals surface area contributed by atoms with Gasteiger partial charge < -0.3 is 10.5 Å².